The van der Waals surface area contributed by atoms with Crippen LogP contribution in [-0.2, 0) is 0 Å². The molecule has 0 aliphatic heterocycles. The molecule has 0 spiro atoms. The van der Waals surface area contributed by atoms with Crippen molar-refractivity contribution in [2.45, 2.75) is 45.6 Å². The Morgan fingerprint density at radius 3 is 2.38 bits per heavy atom. The lowest BCUT2D eigenvalue weighted by molar-refractivity contribution is 0.160. The fourth-order valence-corrected chi connectivity index (χ4v) is 3.32. The number of methoxy groups -OCH3 is 2. The van der Waals surface area contributed by atoms with E-state index >= 15 is 0 Å². The summed E-state index contributed by atoms with van der Waals surface area (Å²) in [5, 5.41) is 0. The predicted molar refractivity (Wildman–Crippen MR) is 85.3 cm³/mol. The summed E-state index contributed by atoms with van der Waals surface area (Å²) in [6.45, 7) is 4.69. The van der Waals surface area contributed by atoms with Gasteiger partial charge in [-0.3, -0.25) is 11.3 Å². The van der Waals surface area contributed by atoms with Crippen LogP contribution in [0.1, 0.15) is 51.1 Å². The third kappa shape index (κ3) is 3.69. The van der Waals surface area contributed by atoms with Gasteiger partial charge in [0.15, 0.2) is 0 Å². The lowest BCUT2D eigenvalue weighted by atomic mass is 9.70. The van der Waals surface area contributed by atoms with E-state index in [1.54, 1.807) is 14.2 Å². The van der Waals surface area contributed by atoms with E-state index in [1.807, 2.05) is 18.2 Å². The van der Waals surface area contributed by atoms with E-state index in [0.717, 1.165) is 17.1 Å². The normalized spacial score (nSPS) is 20.0. The summed E-state index contributed by atoms with van der Waals surface area (Å²) in [6, 6.07) is 6.00. The van der Waals surface area contributed by atoms with Crippen molar-refractivity contribution >= 4 is 0 Å². The van der Waals surface area contributed by atoms with Crippen LogP contribution >= 0.6 is 0 Å². The lowest BCUT2D eigenvalue weighted by Gasteiger charge is -2.38. The van der Waals surface area contributed by atoms with Crippen molar-refractivity contribution in [3.05, 3.63) is 23.8 Å². The average molecular weight is 292 g/mol. The van der Waals surface area contributed by atoms with Crippen LogP contribution in [0.2, 0.25) is 0 Å². The van der Waals surface area contributed by atoms with Gasteiger partial charge in [-0.15, -0.1) is 0 Å². The smallest absolute Gasteiger partial charge is 0.123 e. The first-order valence-electron chi connectivity index (χ1n) is 7.69. The monoisotopic (exact) mass is 292 g/mol. The van der Waals surface area contributed by atoms with Crippen molar-refractivity contribution in [1.82, 2.24) is 5.43 Å². The molecule has 1 saturated carbocycles. The van der Waals surface area contributed by atoms with Crippen molar-refractivity contribution in [1.29, 1.82) is 0 Å². The summed E-state index contributed by atoms with van der Waals surface area (Å²) in [5.74, 6) is 8.10. The minimum atomic E-state index is 0.103. The molecule has 0 heterocycles. The molecule has 0 bridgehead atoms. The molecule has 1 aliphatic carbocycles. The molecule has 3 N–H and O–H groups in total. The molecule has 2 rings (SSSR count). The Kier molecular flexibility index (Phi) is 5.12. The minimum Gasteiger partial charge on any atom is -0.497 e. The van der Waals surface area contributed by atoms with Crippen molar-refractivity contribution in [3.8, 4) is 11.5 Å². The number of hydrazine groups is 1. The minimum absolute atomic E-state index is 0.103. The van der Waals surface area contributed by atoms with E-state index in [1.165, 1.54) is 25.7 Å². The van der Waals surface area contributed by atoms with E-state index in [-0.39, 0.29) is 6.04 Å². The molecular weight excluding hydrogens is 264 g/mol. The zero-order valence-electron chi connectivity index (χ0n) is 13.6. The number of hydrogen-bond donors (Lipinski definition) is 2. The molecule has 4 heteroatoms. The molecule has 1 aliphatic rings. The molecular formula is C17H28N2O2. The van der Waals surface area contributed by atoms with Crippen LogP contribution in [0.5, 0.6) is 11.5 Å². The van der Waals surface area contributed by atoms with Gasteiger partial charge in [-0.25, -0.2) is 0 Å². The molecule has 1 atom stereocenters. The van der Waals surface area contributed by atoms with Crippen molar-refractivity contribution < 1.29 is 9.47 Å². The highest BCUT2D eigenvalue weighted by Gasteiger charge is 2.33. The van der Waals surface area contributed by atoms with Gasteiger partial charge < -0.3 is 9.47 Å². The van der Waals surface area contributed by atoms with E-state index in [4.69, 9.17) is 15.3 Å². The number of nitrogens with one attached hydrogen (secondary N) is 1. The number of hydrogen-bond acceptors (Lipinski definition) is 4. The van der Waals surface area contributed by atoms with E-state index in [0.29, 0.717) is 11.3 Å². The average Bonchev–Trinajstić information content (AvgIpc) is 2.49. The van der Waals surface area contributed by atoms with Gasteiger partial charge in [0.25, 0.3) is 0 Å². The number of benzene rings is 1. The Bertz CT molecular complexity index is 464. The molecule has 0 amide bonds. The van der Waals surface area contributed by atoms with Crippen LogP contribution in [0.25, 0.3) is 0 Å². The first-order valence-corrected chi connectivity index (χ1v) is 7.69. The molecule has 1 fully saturated rings. The van der Waals surface area contributed by atoms with E-state index in [2.05, 4.69) is 19.3 Å². The first-order chi connectivity index (χ1) is 10.0. The third-order valence-corrected chi connectivity index (χ3v) is 4.81. The first kappa shape index (κ1) is 16.1. The summed E-state index contributed by atoms with van der Waals surface area (Å²) in [6.07, 6.45) is 4.84. The van der Waals surface area contributed by atoms with Gasteiger partial charge >= 0.3 is 0 Å². The van der Waals surface area contributed by atoms with Gasteiger partial charge in [0, 0.05) is 5.56 Å². The highest BCUT2D eigenvalue weighted by atomic mass is 16.5. The summed E-state index contributed by atoms with van der Waals surface area (Å²) in [5.41, 5.74) is 4.55. The van der Waals surface area contributed by atoms with Crippen LogP contribution in [0, 0.1) is 11.3 Å². The van der Waals surface area contributed by atoms with Crippen LogP contribution in [0.15, 0.2) is 18.2 Å². The van der Waals surface area contributed by atoms with Gasteiger partial charge in [0.05, 0.1) is 20.3 Å². The highest BCUT2D eigenvalue weighted by Crippen LogP contribution is 2.44. The summed E-state index contributed by atoms with van der Waals surface area (Å²) >= 11 is 0. The van der Waals surface area contributed by atoms with Crippen molar-refractivity contribution in [2.75, 3.05) is 14.2 Å². The van der Waals surface area contributed by atoms with Crippen LogP contribution in [-0.4, -0.2) is 14.2 Å². The van der Waals surface area contributed by atoms with Crippen LogP contribution in [0.4, 0.5) is 0 Å². The largest absolute Gasteiger partial charge is 0.497 e. The van der Waals surface area contributed by atoms with E-state index in [9.17, 15) is 0 Å². The lowest BCUT2D eigenvalue weighted by Crippen LogP contribution is -2.36. The second-order valence-electron chi connectivity index (χ2n) is 6.75. The van der Waals surface area contributed by atoms with Gasteiger partial charge in [0.1, 0.15) is 11.5 Å². The Balaban J connectivity index is 2.24. The number of nitrogens with two attached hydrogens (primary N) is 1. The van der Waals surface area contributed by atoms with Gasteiger partial charge in [-0.1, -0.05) is 13.8 Å². The topological polar surface area (TPSA) is 56.5 Å². The Morgan fingerprint density at radius 2 is 1.86 bits per heavy atom. The zero-order chi connectivity index (χ0) is 15.5. The summed E-state index contributed by atoms with van der Waals surface area (Å²) in [7, 11) is 3.38. The van der Waals surface area contributed by atoms with Gasteiger partial charge in [-0.05, 0) is 55.2 Å². The molecule has 0 radical (unpaired) electrons. The maximum atomic E-state index is 5.87. The molecule has 1 aromatic carbocycles. The molecule has 1 aromatic rings. The van der Waals surface area contributed by atoms with E-state index < -0.39 is 0 Å². The van der Waals surface area contributed by atoms with Gasteiger partial charge in [-0.2, -0.15) is 0 Å². The molecule has 4 nitrogen and oxygen atoms in total. The number of ether oxygens (including phenoxy) is 2. The van der Waals surface area contributed by atoms with Crippen molar-refractivity contribution in [2.24, 2.45) is 17.2 Å². The predicted octanol–water partition coefficient (Wildman–Crippen LogP) is 3.42. The molecule has 1 unspecified atom stereocenters. The Labute approximate surface area is 128 Å². The molecule has 118 valence electrons. The second-order valence-corrected chi connectivity index (χ2v) is 6.75. The van der Waals surface area contributed by atoms with Crippen LogP contribution in [0.3, 0.4) is 0 Å². The summed E-state index contributed by atoms with van der Waals surface area (Å²) < 4.78 is 10.9. The van der Waals surface area contributed by atoms with Gasteiger partial charge in [0.2, 0.25) is 0 Å². The molecule has 21 heavy (non-hydrogen) atoms. The Morgan fingerprint density at radius 1 is 1.19 bits per heavy atom. The second kappa shape index (κ2) is 6.67. The quantitative estimate of drug-likeness (QED) is 0.645. The van der Waals surface area contributed by atoms with Crippen LogP contribution < -0.4 is 20.7 Å². The molecule has 0 saturated heterocycles. The fourth-order valence-electron chi connectivity index (χ4n) is 3.32. The Hall–Kier alpha value is -1.26. The SMILES string of the molecule is COc1ccc(OC)c(C(NN)C2CCC(C)(C)CC2)c1. The number of rotatable bonds is 5. The summed E-state index contributed by atoms with van der Waals surface area (Å²) in [4.78, 5) is 0. The van der Waals surface area contributed by atoms with Crippen molar-refractivity contribution in [3.63, 3.8) is 0 Å². The third-order valence-electron chi connectivity index (χ3n) is 4.81. The standard InChI is InChI=1S/C17H28N2O2/c1-17(2)9-7-12(8-10-17)16(19-18)14-11-13(20-3)5-6-15(14)21-4/h5-6,11-12,16,19H,7-10,18H2,1-4H3. The molecule has 0 aromatic heterocycles. The highest BCUT2D eigenvalue weighted by molar-refractivity contribution is 5.42. The maximum Gasteiger partial charge on any atom is 0.123 e. The maximum absolute atomic E-state index is 5.87. The fraction of sp³-hybridized carbons (Fsp3) is 0.647. The zero-order valence-corrected chi connectivity index (χ0v) is 13.6.